The molecule has 0 aromatic heterocycles. The van der Waals surface area contributed by atoms with E-state index in [9.17, 15) is 0 Å². The van der Waals surface area contributed by atoms with E-state index in [1.807, 2.05) is 0 Å². The van der Waals surface area contributed by atoms with Crippen LogP contribution in [0.4, 0.5) is 0 Å². The Balaban J connectivity index is 1.64. The minimum atomic E-state index is 0.718. The molecule has 1 saturated heterocycles. The second-order valence-electron chi connectivity index (χ2n) is 6.43. The van der Waals surface area contributed by atoms with Crippen molar-refractivity contribution in [2.24, 2.45) is 0 Å². The quantitative estimate of drug-likeness (QED) is 0.845. The molecule has 1 nitrogen and oxygen atoms in total. The Labute approximate surface area is 117 Å². The third-order valence-electron chi connectivity index (χ3n) is 4.92. The van der Waals surface area contributed by atoms with Gasteiger partial charge in [-0.1, -0.05) is 49.9 Å². The molecule has 1 unspecified atom stereocenters. The maximum atomic E-state index is 3.67. The van der Waals surface area contributed by atoms with Crippen molar-refractivity contribution in [3.05, 3.63) is 35.4 Å². The molecule has 1 aliphatic heterocycles. The summed E-state index contributed by atoms with van der Waals surface area (Å²) in [6.07, 6.45) is 12.5. The second-order valence-corrected chi connectivity index (χ2v) is 6.43. The maximum absolute atomic E-state index is 3.67. The molecular formula is C18H27N. The Morgan fingerprint density at radius 1 is 0.947 bits per heavy atom. The average molecular weight is 257 g/mol. The Morgan fingerprint density at radius 3 is 2.58 bits per heavy atom. The molecule has 1 N–H and O–H groups in total. The Morgan fingerprint density at radius 2 is 1.79 bits per heavy atom. The van der Waals surface area contributed by atoms with Gasteiger partial charge in [0.05, 0.1) is 0 Å². The summed E-state index contributed by atoms with van der Waals surface area (Å²) in [4.78, 5) is 0. The van der Waals surface area contributed by atoms with E-state index in [2.05, 4.69) is 29.6 Å². The van der Waals surface area contributed by atoms with E-state index < -0.39 is 0 Å². The third-order valence-corrected chi connectivity index (χ3v) is 4.92. The molecule has 1 heteroatoms. The first-order valence-corrected chi connectivity index (χ1v) is 8.24. The standard InChI is InChI=1S/C18H27N/c1-2-8-16(9-3-1)17-10-6-7-15(13-17)14-18-11-4-5-12-19-18/h6-7,10,13,16,18-19H,1-5,8-9,11-12,14H2. The fraction of sp³-hybridized carbons (Fsp3) is 0.667. The van der Waals surface area contributed by atoms with Crippen LogP contribution in [0.1, 0.15) is 68.4 Å². The summed E-state index contributed by atoms with van der Waals surface area (Å²) in [6, 6.07) is 10.2. The van der Waals surface area contributed by atoms with Crippen LogP contribution in [0, 0.1) is 0 Å². The number of rotatable bonds is 3. The zero-order valence-corrected chi connectivity index (χ0v) is 12.0. The summed E-state index contributed by atoms with van der Waals surface area (Å²) >= 11 is 0. The molecule has 1 saturated carbocycles. The summed E-state index contributed by atoms with van der Waals surface area (Å²) in [6.45, 7) is 1.22. The maximum Gasteiger partial charge on any atom is 0.0107 e. The second kappa shape index (κ2) is 6.56. The minimum absolute atomic E-state index is 0.718. The van der Waals surface area contributed by atoms with Gasteiger partial charge in [-0.05, 0) is 55.7 Å². The zero-order chi connectivity index (χ0) is 12.9. The molecule has 1 aromatic rings. The van der Waals surface area contributed by atoms with Gasteiger partial charge in [0.1, 0.15) is 0 Å². The Hall–Kier alpha value is -0.820. The average Bonchev–Trinajstić information content (AvgIpc) is 2.49. The fourth-order valence-electron chi connectivity index (χ4n) is 3.79. The molecule has 0 radical (unpaired) electrons. The lowest BCUT2D eigenvalue weighted by Gasteiger charge is -2.25. The van der Waals surface area contributed by atoms with E-state index in [1.54, 1.807) is 11.1 Å². The highest BCUT2D eigenvalue weighted by atomic mass is 14.9. The Bertz CT molecular complexity index is 386. The summed E-state index contributed by atoms with van der Waals surface area (Å²) in [5, 5.41) is 3.67. The lowest BCUT2D eigenvalue weighted by molar-refractivity contribution is 0.399. The van der Waals surface area contributed by atoms with Crippen LogP contribution in [0.15, 0.2) is 24.3 Å². The molecule has 1 heterocycles. The van der Waals surface area contributed by atoms with Crippen LogP contribution in [0.3, 0.4) is 0 Å². The van der Waals surface area contributed by atoms with Crippen LogP contribution >= 0.6 is 0 Å². The smallest absolute Gasteiger partial charge is 0.0107 e. The van der Waals surface area contributed by atoms with Gasteiger partial charge in [0.2, 0.25) is 0 Å². The molecule has 2 fully saturated rings. The fourth-order valence-corrected chi connectivity index (χ4v) is 3.79. The summed E-state index contributed by atoms with van der Waals surface area (Å²) in [7, 11) is 0. The lowest BCUT2D eigenvalue weighted by Crippen LogP contribution is -2.35. The predicted molar refractivity (Wildman–Crippen MR) is 81.6 cm³/mol. The van der Waals surface area contributed by atoms with Gasteiger partial charge in [-0.2, -0.15) is 0 Å². The molecule has 104 valence electrons. The van der Waals surface area contributed by atoms with Crippen LogP contribution in [-0.4, -0.2) is 12.6 Å². The van der Waals surface area contributed by atoms with Crippen LogP contribution in [0.25, 0.3) is 0 Å². The van der Waals surface area contributed by atoms with Crippen LogP contribution in [-0.2, 0) is 6.42 Å². The molecule has 2 aliphatic rings. The SMILES string of the molecule is c1cc(CC2CCCCN2)cc(C2CCCCC2)c1. The van der Waals surface area contributed by atoms with Gasteiger partial charge in [-0.3, -0.25) is 0 Å². The Kier molecular flexibility index (Phi) is 4.55. The first-order chi connectivity index (χ1) is 9.42. The molecule has 1 atom stereocenters. The van der Waals surface area contributed by atoms with E-state index in [4.69, 9.17) is 0 Å². The van der Waals surface area contributed by atoms with E-state index in [1.165, 1.54) is 64.3 Å². The van der Waals surface area contributed by atoms with Crippen molar-refractivity contribution in [3.8, 4) is 0 Å². The van der Waals surface area contributed by atoms with Crippen molar-refractivity contribution in [1.29, 1.82) is 0 Å². The van der Waals surface area contributed by atoms with Gasteiger partial charge in [0.15, 0.2) is 0 Å². The molecule has 0 spiro atoms. The van der Waals surface area contributed by atoms with Crippen LogP contribution in [0.2, 0.25) is 0 Å². The minimum Gasteiger partial charge on any atom is -0.314 e. The monoisotopic (exact) mass is 257 g/mol. The number of hydrogen-bond donors (Lipinski definition) is 1. The molecule has 19 heavy (non-hydrogen) atoms. The molecule has 1 aliphatic carbocycles. The topological polar surface area (TPSA) is 12.0 Å². The highest BCUT2D eigenvalue weighted by Gasteiger charge is 2.17. The number of benzene rings is 1. The molecule has 0 amide bonds. The van der Waals surface area contributed by atoms with Gasteiger partial charge in [0, 0.05) is 6.04 Å². The van der Waals surface area contributed by atoms with Gasteiger partial charge in [0.25, 0.3) is 0 Å². The summed E-state index contributed by atoms with van der Waals surface area (Å²) in [5.41, 5.74) is 3.15. The highest BCUT2D eigenvalue weighted by molar-refractivity contribution is 5.27. The van der Waals surface area contributed by atoms with Crippen molar-refractivity contribution in [2.45, 2.75) is 69.7 Å². The summed E-state index contributed by atoms with van der Waals surface area (Å²) < 4.78 is 0. The number of nitrogens with one attached hydrogen (secondary N) is 1. The third kappa shape index (κ3) is 3.60. The highest BCUT2D eigenvalue weighted by Crippen LogP contribution is 2.33. The van der Waals surface area contributed by atoms with Gasteiger partial charge in [-0.15, -0.1) is 0 Å². The van der Waals surface area contributed by atoms with Crippen molar-refractivity contribution >= 4 is 0 Å². The van der Waals surface area contributed by atoms with Crippen LogP contribution in [0.5, 0.6) is 0 Å². The first-order valence-electron chi connectivity index (χ1n) is 8.24. The summed E-state index contributed by atoms with van der Waals surface area (Å²) in [5.74, 6) is 0.841. The number of hydrogen-bond acceptors (Lipinski definition) is 1. The molecule has 1 aromatic carbocycles. The van der Waals surface area contributed by atoms with Gasteiger partial charge >= 0.3 is 0 Å². The molecule has 3 rings (SSSR count). The van der Waals surface area contributed by atoms with Crippen LogP contribution < -0.4 is 5.32 Å². The first kappa shape index (κ1) is 13.2. The van der Waals surface area contributed by atoms with Gasteiger partial charge in [-0.25, -0.2) is 0 Å². The molecular weight excluding hydrogens is 230 g/mol. The van der Waals surface area contributed by atoms with E-state index >= 15 is 0 Å². The van der Waals surface area contributed by atoms with Crippen molar-refractivity contribution < 1.29 is 0 Å². The normalized spacial score (nSPS) is 25.4. The molecule has 0 bridgehead atoms. The number of piperidine rings is 1. The largest absolute Gasteiger partial charge is 0.314 e. The van der Waals surface area contributed by atoms with Crippen molar-refractivity contribution in [3.63, 3.8) is 0 Å². The lowest BCUT2D eigenvalue weighted by atomic mass is 9.83. The van der Waals surface area contributed by atoms with E-state index in [0.717, 1.165) is 12.0 Å². The van der Waals surface area contributed by atoms with E-state index in [-0.39, 0.29) is 0 Å². The van der Waals surface area contributed by atoms with E-state index in [0.29, 0.717) is 0 Å². The van der Waals surface area contributed by atoms with Crippen molar-refractivity contribution in [2.75, 3.05) is 6.54 Å². The zero-order valence-electron chi connectivity index (χ0n) is 12.0. The predicted octanol–water partition coefficient (Wildman–Crippen LogP) is 4.42. The van der Waals surface area contributed by atoms with Gasteiger partial charge < -0.3 is 5.32 Å². The van der Waals surface area contributed by atoms with Crippen molar-refractivity contribution in [1.82, 2.24) is 5.32 Å².